The molecular weight excluding hydrogens is 250 g/mol. The molecule has 0 aromatic heterocycles. The van der Waals surface area contributed by atoms with Gasteiger partial charge in [-0.05, 0) is 18.2 Å². The highest BCUT2D eigenvalue weighted by Crippen LogP contribution is 2.19. The van der Waals surface area contributed by atoms with Crippen molar-refractivity contribution in [3.8, 4) is 0 Å². The van der Waals surface area contributed by atoms with Crippen LogP contribution in [-0.4, -0.2) is 30.7 Å². The Hall–Kier alpha value is -1.69. The van der Waals surface area contributed by atoms with E-state index >= 15 is 0 Å². The van der Waals surface area contributed by atoms with Gasteiger partial charge in [-0.25, -0.2) is 0 Å². The summed E-state index contributed by atoms with van der Waals surface area (Å²) in [6.45, 7) is 2.33. The standard InChI is InChI=1S/C12H17N3O2S/c1-9(16)14-5-6-15-12(17)8-18-11-4-2-3-10(13)7-11/h2-4,7H,5-6,8,13H2,1H3,(H,14,16)(H,15,17). The summed E-state index contributed by atoms with van der Waals surface area (Å²) in [6.07, 6.45) is 0. The minimum absolute atomic E-state index is 0.0622. The Morgan fingerprint density at radius 1 is 1.28 bits per heavy atom. The Labute approximate surface area is 111 Å². The van der Waals surface area contributed by atoms with Crippen LogP contribution in [0.3, 0.4) is 0 Å². The van der Waals surface area contributed by atoms with Gasteiger partial charge in [0.2, 0.25) is 11.8 Å². The molecule has 0 bridgehead atoms. The molecule has 1 aromatic rings. The second kappa shape index (κ2) is 7.60. The Morgan fingerprint density at radius 3 is 2.67 bits per heavy atom. The largest absolute Gasteiger partial charge is 0.399 e. The molecule has 2 amide bonds. The number of carbonyl (C=O) groups is 2. The molecule has 0 unspecified atom stereocenters. The van der Waals surface area contributed by atoms with Gasteiger partial charge >= 0.3 is 0 Å². The summed E-state index contributed by atoms with van der Waals surface area (Å²) in [5, 5.41) is 5.32. The summed E-state index contributed by atoms with van der Waals surface area (Å²) < 4.78 is 0. The molecule has 0 spiro atoms. The minimum Gasteiger partial charge on any atom is -0.399 e. The third kappa shape index (κ3) is 6.15. The van der Waals surface area contributed by atoms with Crippen molar-refractivity contribution < 1.29 is 9.59 Å². The Bertz CT molecular complexity index is 424. The fourth-order valence-electron chi connectivity index (χ4n) is 1.24. The fourth-order valence-corrected chi connectivity index (χ4v) is 2.04. The molecule has 0 radical (unpaired) electrons. The number of amides is 2. The average Bonchev–Trinajstić information content (AvgIpc) is 2.32. The van der Waals surface area contributed by atoms with Crippen LogP contribution in [0.4, 0.5) is 5.69 Å². The lowest BCUT2D eigenvalue weighted by atomic mass is 10.3. The van der Waals surface area contributed by atoms with E-state index in [4.69, 9.17) is 5.73 Å². The number of anilines is 1. The normalized spacial score (nSPS) is 9.83. The van der Waals surface area contributed by atoms with Crippen molar-refractivity contribution in [1.29, 1.82) is 0 Å². The highest BCUT2D eigenvalue weighted by atomic mass is 32.2. The predicted molar refractivity (Wildman–Crippen MR) is 73.3 cm³/mol. The number of hydrogen-bond acceptors (Lipinski definition) is 4. The molecule has 1 rings (SSSR count). The highest BCUT2D eigenvalue weighted by molar-refractivity contribution is 8.00. The number of carbonyl (C=O) groups excluding carboxylic acids is 2. The van der Waals surface area contributed by atoms with Crippen LogP contribution in [0.5, 0.6) is 0 Å². The van der Waals surface area contributed by atoms with Crippen LogP contribution in [0.25, 0.3) is 0 Å². The molecule has 98 valence electrons. The number of thioether (sulfide) groups is 1. The number of nitrogen functional groups attached to an aromatic ring is 1. The van der Waals surface area contributed by atoms with Crippen molar-refractivity contribution in [2.45, 2.75) is 11.8 Å². The third-order valence-electron chi connectivity index (χ3n) is 2.05. The summed E-state index contributed by atoms with van der Waals surface area (Å²) >= 11 is 1.43. The van der Waals surface area contributed by atoms with Gasteiger partial charge < -0.3 is 16.4 Å². The molecule has 0 heterocycles. The average molecular weight is 267 g/mol. The Balaban J connectivity index is 2.19. The molecule has 6 heteroatoms. The Kier molecular flexibility index (Phi) is 6.07. The first-order valence-corrected chi connectivity index (χ1v) is 6.56. The zero-order valence-corrected chi connectivity index (χ0v) is 11.0. The maximum Gasteiger partial charge on any atom is 0.230 e. The molecule has 0 aliphatic rings. The van der Waals surface area contributed by atoms with E-state index in [-0.39, 0.29) is 11.8 Å². The molecule has 0 saturated heterocycles. The van der Waals surface area contributed by atoms with E-state index in [0.717, 1.165) is 4.90 Å². The molecule has 18 heavy (non-hydrogen) atoms. The topological polar surface area (TPSA) is 84.2 Å². The maximum absolute atomic E-state index is 11.5. The van der Waals surface area contributed by atoms with E-state index in [1.165, 1.54) is 18.7 Å². The van der Waals surface area contributed by atoms with Gasteiger partial charge in [-0.3, -0.25) is 9.59 Å². The summed E-state index contributed by atoms with van der Waals surface area (Å²) in [5.74, 6) is 0.176. The van der Waals surface area contributed by atoms with E-state index < -0.39 is 0 Å². The second-order valence-corrected chi connectivity index (χ2v) is 4.74. The monoisotopic (exact) mass is 267 g/mol. The second-order valence-electron chi connectivity index (χ2n) is 3.69. The SMILES string of the molecule is CC(=O)NCCNC(=O)CSc1cccc(N)c1. The molecule has 0 fully saturated rings. The zero-order valence-electron chi connectivity index (χ0n) is 10.2. The van der Waals surface area contributed by atoms with Crippen LogP contribution in [0.1, 0.15) is 6.92 Å². The lowest BCUT2D eigenvalue weighted by Crippen LogP contribution is -2.34. The molecule has 5 nitrogen and oxygen atoms in total. The van der Waals surface area contributed by atoms with Crippen LogP contribution in [0, 0.1) is 0 Å². The molecule has 0 aliphatic heterocycles. The van der Waals surface area contributed by atoms with Crippen molar-refractivity contribution in [3.05, 3.63) is 24.3 Å². The number of nitrogens with one attached hydrogen (secondary N) is 2. The minimum atomic E-state index is -0.0987. The molecule has 0 atom stereocenters. The van der Waals surface area contributed by atoms with Gasteiger partial charge in [-0.1, -0.05) is 6.07 Å². The van der Waals surface area contributed by atoms with Crippen LogP contribution in [0.15, 0.2) is 29.2 Å². The number of hydrogen-bond donors (Lipinski definition) is 3. The van der Waals surface area contributed by atoms with Gasteiger partial charge in [0.15, 0.2) is 0 Å². The van der Waals surface area contributed by atoms with Crippen molar-refractivity contribution in [1.82, 2.24) is 10.6 Å². The van der Waals surface area contributed by atoms with Crippen LogP contribution >= 0.6 is 11.8 Å². The maximum atomic E-state index is 11.5. The number of benzene rings is 1. The molecule has 4 N–H and O–H groups in total. The zero-order chi connectivity index (χ0) is 13.4. The quantitative estimate of drug-likeness (QED) is 0.400. The lowest BCUT2D eigenvalue weighted by molar-refractivity contribution is -0.120. The van der Waals surface area contributed by atoms with Crippen LogP contribution in [-0.2, 0) is 9.59 Å². The third-order valence-corrected chi connectivity index (χ3v) is 3.04. The number of nitrogens with two attached hydrogens (primary N) is 1. The van der Waals surface area contributed by atoms with Crippen LogP contribution < -0.4 is 16.4 Å². The van der Waals surface area contributed by atoms with E-state index in [9.17, 15) is 9.59 Å². The molecule has 0 aliphatic carbocycles. The van der Waals surface area contributed by atoms with E-state index in [1.807, 2.05) is 18.2 Å². The number of rotatable bonds is 6. The first kappa shape index (κ1) is 14.4. The highest BCUT2D eigenvalue weighted by Gasteiger charge is 2.02. The van der Waals surface area contributed by atoms with E-state index in [0.29, 0.717) is 24.5 Å². The van der Waals surface area contributed by atoms with Gasteiger partial charge in [0.1, 0.15) is 0 Å². The first-order chi connectivity index (χ1) is 8.58. The summed E-state index contributed by atoms with van der Waals surface area (Å²) in [7, 11) is 0. The molecule has 1 aromatic carbocycles. The van der Waals surface area contributed by atoms with Crippen molar-refractivity contribution >= 4 is 29.3 Å². The van der Waals surface area contributed by atoms with Crippen LogP contribution in [0.2, 0.25) is 0 Å². The van der Waals surface area contributed by atoms with E-state index in [1.54, 1.807) is 6.07 Å². The first-order valence-electron chi connectivity index (χ1n) is 5.57. The van der Waals surface area contributed by atoms with E-state index in [2.05, 4.69) is 10.6 Å². The Morgan fingerprint density at radius 2 is 2.00 bits per heavy atom. The summed E-state index contributed by atoms with van der Waals surface area (Å²) in [4.78, 5) is 23.0. The van der Waals surface area contributed by atoms with Crippen molar-refractivity contribution in [2.24, 2.45) is 0 Å². The summed E-state index contributed by atoms with van der Waals surface area (Å²) in [5.41, 5.74) is 6.32. The smallest absolute Gasteiger partial charge is 0.230 e. The van der Waals surface area contributed by atoms with Crippen molar-refractivity contribution in [2.75, 3.05) is 24.6 Å². The summed E-state index contributed by atoms with van der Waals surface area (Å²) in [6, 6.07) is 7.39. The molecule has 0 saturated carbocycles. The van der Waals surface area contributed by atoms with Gasteiger partial charge in [0, 0.05) is 30.6 Å². The molecular formula is C12H17N3O2S. The fraction of sp³-hybridized carbons (Fsp3) is 0.333. The predicted octanol–water partition coefficient (Wildman–Crippen LogP) is 0.613. The van der Waals surface area contributed by atoms with Gasteiger partial charge in [-0.2, -0.15) is 0 Å². The lowest BCUT2D eigenvalue weighted by Gasteiger charge is -2.06. The van der Waals surface area contributed by atoms with Gasteiger partial charge in [0.25, 0.3) is 0 Å². The van der Waals surface area contributed by atoms with Gasteiger partial charge in [-0.15, -0.1) is 11.8 Å². The van der Waals surface area contributed by atoms with Crippen molar-refractivity contribution in [3.63, 3.8) is 0 Å². The van der Waals surface area contributed by atoms with Gasteiger partial charge in [0.05, 0.1) is 5.75 Å².